The van der Waals surface area contributed by atoms with Gasteiger partial charge in [0.25, 0.3) is 5.91 Å². The third-order valence-corrected chi connectivity index (χ3v) is 7.14. The number of ether oxygens (including phenoxy) is 2. The van der Waals surface area contributed by atoms with Crippen molar-refractivity contribution in [3.05, 3.63) is 92.3 Å². The van der Waals surface area contributed by atoms with Crippen LogP contribution >= 0.6 is 27.7 Å². The minimum Gasteiger partial charge on any atom is -0.490 e. The number of amides is 1. The molecule has 0 aliphatic carbocycles. The number of carbonyl (C=O) groups excluding carboxylic acids is 1. The van der Waals surface area contributed by atoms with E-state index < -0.39 is 0 Å². The molecule has 3 aromatic rings. The molecule has 0 radical (unpaired) electrons. The van der Waals surface area contributed by atoms with Crippen molar-refractivity contribution >= 4 is 45.4 Å². The Labute approximate surface area is 219 Å². The van der Waals surface area contributed by atoms with Gasteiger partial charge in [-0.2, -0.15) is 0 Å². The van der Waals surface area contributed by atoms with Gasteiger partial charge in [0.15, 0.2) is 17.0 Å². The molecule has 1 amide bonds. The second kappa shape index (κ2) is 11.7. The maximum atomic E-state index is 12.6. The highest BCUT2D eigenvalue weighted by molar-refractivity contribution is 9.10. The van der Waals surface area contributed by atoms with Gasteiger partial charge in [0.2, 0.25) is 0 Å². The van der Waals surface area contributed by atoms with Gasteiger partial charge < -0.3 is 20.1 Å². The maximum Gasteiger partial charge on any atom is 0.260 e. The first kappa shape index (κ1) is 25.2. The van der Waals surface area contributed by atoms with Crippen LogP contribution < -0.4 is 20.1 Å². The molecule has 1 atom stereocenters. The van der Waals surface area contributed by atoms with Gasteiger partial charge in [-0.3, -0.25) is 4.79 Å². The molecule has 0 aromatic heterocycles. The van der Waals surface area contributed by atoms with Crippen molar-refractivity contribution in [2.24, 2.45) is 0 Å². The summed E-state index contributed by atoms with van der Waals surface area (Å²) in [4.78, 5) is 13.3. The Bertz CT molecular complexity index is 1210. The summed E-state index contributed by atoms with van der Waals surface area (Å²) in [6.07, 6.45) is 2.87. The number of anilines is 1. The Hall–Kier alpha value is -2.90. The van der Waals surface area contributed by atoms with Crippen LogP contribution in [0.15, 0.2) is 70.0 Å². The highest BCUT2D eigenvalue weighted by Crippen LogP contribution is 2.39. The highest BCUT2D eigenvalue weighted by Gasteiger charge is 2.27. The van der Waals surface area contributed by atoms with Gasteiger partial charge >= 0.3 is 0 Å². The number of hydrogen-bond acceptors (Lipinski definition) is 5. The molecule has 7 heteroatoms. The highest BCUT2D eigenvalue weighted by atomic mass is 79.9. The number of carbonyl (C=O) groups is 1. The van der Waals surface area contributed by atoms with Gasteiger partial charge in [-0.15, -0.1) is 0 Å². The lowest BCUT2D eigenvalue weighted by Gasteiger charge is -2.15. The molecule has 0 bridgehead atoms. The van der Waals surface area contributed by atoms with Crippen molar-refractivity contribution in [1.29, 1.82) is 0 Å². The second-order valence-corrected chi connectivity index (χ2v) is 10.2. The first-order valence-electron chi connectivity index (χ1n) is 11.6. The standard InChI is InChI=1S/C28H29BrN2O3S/c1-4-19-10-12-22(13-11-19)30-28-31-27(32)25(35-28)16-21-14-23(29)26(24(15-21)33-5-2)34-17-20-8-6-18(3)7-9-20/h6-16,28,30H,4-5,17H2,1-3H3,(H,31,32)/b25-16-/t28-/m0/s1. The Morgan fingerprint density at radius 1 is 1.03 bits per heavy atom. The summed E-state index contributed by atoms with van der Waals surface area (Å²) in [5.41, 5.74) is 5.17. The van der Waals surface area contributed by atoms with E-state index in [0.717, 1.165) is 27.7 Å². The molecule has 0 saturated carbocycles. The van der Waals surface area contributed by atoms with E-state index in [4.69, 9.17) is 9.47 Å². The zero-order valence-electron chi connectivity index (χ0n) is 20.1. The largest absolute Gasteiger partial charge is 0.490 e. The van der Waals surface area contributed by atoms with Gasteiger partial charge in [-0.05, 0) is 83.2 Å². The Kier molecular flexibility index (Phi) is 8.42. The van der Waals surface area contributed by atoms with Crippen LogP contribution in [-0.4, -0.2) is 18.0 Å². The summed E-state index contributed by atoms with van der Waals surface area (Å²) < 4.78 is 12.8. The molecular formula is C28H29BrN2O3S. The topological polar surface area (TPSA) is 59.6 Å². The van der Waals surface area contributed by atoms with Crippen molar-refractivity contribution in [3.8, 4) is 11.5 Å². The van der Waals surface area contributed by atoms with Crippen LogP contribution in [0.25, 0.3) is 6.08 Å². The number of nitrogens with one attached hydrogen (secondary N) is 2. The number of halogens is 1. The molecule has 4 rings (SSSR count). The van der Waals surface area contributed by atoms with Crippen molar-refractivity contribution in [3.63, 3.8) is 0 Å². The van der Waals surface area contributed by atoms with Crippen LogP contribution in [0.5, 0.6) is 11.5 Å². The molecule has 0 unspecified atom stereocenters. The number of rotatable bonds is 9. The van der Waals surface area contributed by atoms with Crippen LogP contribution in [-0.2, 0) is 17.8 Å². The molecule has 5 nitrogen and oxygen atoms in total. The normalized spacial score (nSPS) is 16.3. The molecular weight excluding hydrogens is 524 g/mol. The van der Waals surface area contributed by atoms with Crippen LogP contribution in [0.2, 0.25) is 0 Å². The van der Waals surface area contributed by atoms with Crippen LogP contribution in [0, 0.1) is 6.92 Å². The maximum absolute atomic E-state index is 12.6. The first-order chi connectivity index (χ1) is 16.9. The number of thioether (sulfide) groups is 1. The van der Waals surface area contributed by atoms with Crippen LogP contribution in [0.3, 0.4) is 0 Å². The SMILES string of the molecule is CCOc1cc(/C=C2\S[C@@H](Nc3ccc(CC)cc3)NC2=O)cc(Br)c1OCc1ccc(C)cc1. The van der Waals surface area contributed by atoms with Gasteiger partial charge in [-0.25, -0.2) is 0 Å². The molecule has 0 spiro atoms. The fraction of sp³-hybridized carbons (Fsp3) is 0.250. The van der Waals surface area contributed by atoms with Crippen LogP contribution in [0.4, 0.5) is 5.69 Å². The van der Waals surface area contributed by atoms with E-state index >= 15 is 0 Å². The van der Waals surface area contributed by atoms with E-state index in [-0.39, 0.29) is 11.4 Å². The van der Waals surface area contributed by atoms with Crippen molar-refractivity contribution in [1.82, 2.24) is 5.32 Å². The predicted octanol–water partition coefficient (Wildman–Crippen LogP) is 6.90. The molecule has 1 aliphatic heterocycles. The summed E-state index contributed by atoms with van der Waals surface area (Å²) in [5.74, 6) is 1.18. The summed E-state index contributed by atoms with van der Waals surface area (Å²) in [7, 11) is 0. The van der Waals surface area contributed by atoms with E-state index in [1.165, 1.54) is 22.9 Å². The lowest BCUT2D eigenvalue weighted by atomic mass is 10.1. The lowest BCUT2D eigenvalue weighted by molar-refractivity contribution is -0.116. The number of aryl methyl sites for hydroxylation is 2. The molecule has 3 aromatic carbocycles. The van der Waals surface area contributed by atoms with Crippen molar-refractivity contribution in [2.75, 3.05) is 11.9 Å². The molecule has 182 valence electrons. The molecule has 1 heterocycles. The van der Waals surface area contributed by atoms with E-state index in [9.17, 15) is 4.79 Å². The molecule has 35 heavy (non-hydrogen) atoms. The van der Waals surface area contributed by atoms with E-state index in [1.54, 1.807) is 0 Å². The summed E-state index contributed by atoms with van der Waals surface area (Å²) >= 11 is 5.09. The third kappa shape index (κ3) is 6.61. The fourth-order valence-electron chi connectivity index (χ4n) is 3.62. The average Bonchev–Trinajstić information content (AvgIpc) is 3.18. The van der Waals surface area contributed by atoms with Crippen molar-refractivity contribution in [2.45, 2.75) is 39.3 Å². The fourth-order valence-corrected chi connectivity index (χ4v) is 5.18. The molecule has 2 N–H and O–H groups in total. The van der Waals surface area contributed by atoms with Gasteiger partial charge in [-0.1, -0.05) is 60.6 Å². The van der Waals surface area contributed by atoms with Crippen LogP contribution in [0.1, 0.15) is 36.1 Å². The molecule has 1 fully saturated rings. The third-order valence-electron chi connectivity index (χ3n) is 5.52. The van der Waals surface area contributed by atoms with Gasteiger partial charge in [0, 0.05) is 5.69 Å². The van der Waals surface area contributed by atoms with Gasteiger partial charge in [0.05, 0.1) is 16.0 Å². The zero-order chi connectivity index (χ0) is 24.8. The Morgan fingerprint density at radius 3 is 2.43 bits per heavy atom. The van der Waals surface area contributed by atoms with E-state index in [1.807, 2.05) is 37.3 Å². The zero-order valence-corrected chi connectivity index (χ0v) is 22.5. The summed E-state index contributed by atoms with van der Waals surface area (Å²) in [5, 5.41) is 6.35. The number of benzene rings is 3. The Balaban J connectivity index is 1.48. The summed E-state index contributed by atoms with van der Waals surface area (Å²) in [6, 6.07) is 20.4. The Morgan fingerprint density at radius 2 is 1.74 bits per heavy atom. The lowest BCUT2D eigenvalue weighted by Crippen LogP contribution is -2.30. The van der Waals surface area contributed by atoms with E-state index in [2.05, 4.69) is 76.8 Å². The van der Waals surface area contributed by atoms with Crippen molar-refractivity contribution < 1.29 is 14.3 Å². The minimum absolute atomic E-state index is 0.105. The van der Waals surface area contributed by atoms with E-state index in [0.29, 0.717) is 29.6 Å². The smallest absolute Gasteiger partial charge is 0.260 e. The predicted molar refractivity (Wildman–Crippen MR) is 148 cm³/mol. The molecule has 1 saturated heterocycles. The first-order valence-corrected chi connectivity index (χ1v) is 13.3. The molecule has 1 aliphatic rings. The average molecular weight is 554 g/mol. The minimum atomic E-state index is -0.229. The second-order valence-electron chi connectivity index (χ2n) is 8.21. The number of hydrogen-bond donors (Lipinski definition) is 2. The summed E-state index contributed by atoms with van der Waals surface area (Å²) in [6.45, 7) is 7.07. The monoisotopic (exact) mass is 552 g/mol. The quantitative estimate of drug-likeness (QED) is 0.283. The van der Waals surface area contributed by atoms with Gasteiger partial charge in [0.1, 0.15) is 6.61 Å².